The number of nitrogens with two attached hydrogens (primary N) is 1. The maximum atomic E-state index is 10.6. The summed E-state index contributed by atoms with van der Waals surface area (Å²) in [6.45, 7) is 0.495. The van der Waals surface area contributed by atoms with Gasteiger partial charge in [0.05, 0.1) is 13.0 Å². The number of anilines is 1. The fraction of sp³-hybridized carbons (Fsp3) is 0.182. The summed E-state index contributed by atoms with van der Waals surface area (Å²) in [7, 11) is 0. The first-order valence-corrected chi connectivity index (χ1v) is 4.27. The molecule has 0 radical (unpaired) electrons. The van der Waals surface area contributed by atoms with Crippen LogP contribution in [-0.4, -0.2) is 12.5 Å². The maximum absolute atomic E-state index is 10.6. The SMILES string of the molecule is C#CCNc1ccc(CC(N)=O)cc1. The Hall–Kier alpha value is -1.95. The highest BCUT2D eigenvalue weighted by atomic mass is 16.1. The Morgan fingerprint density at radius 3 is 2.57 bits per heavy atom. The minimum atomic E-state index is -0.325. The molecule has 72 valence electrons. The van der Waals surface area contributed by atoms with Crippen molar-refractivity contribution in [1.82, 2.24) is 0 Å². The highest BCUT2D eigenvalue weighted by Crippen LogP contribution is 2.09. The van der Waals surface area contributed by atoms with Crippen LogP contribution in [0.3, 0.4) is 0 Å². The predicted molar refractivity (Wildman–Crippen MR) is 56.7 cm³/mol. The van der Waals surface area contributed by atoms with Gasteiger partial charge in [0.25, 0.3) is 0 Å². The van der Waals surface area contributed by atoms with Gasteiger partial charge >= 0.3 is 0 Å². The van der Waals surface area contributed by atoms with Crippen LogP contribution in [0, 0.1) is 12.3 Å². The van der Waals surface area contributed by atoms with E-state index in [1.165, 1.54) is 0 Å². The van der Waals surface area contributed by atoms with Gasteiger partial charge in [0.1, 0.15) is 0 Å². The lowest BCUT2D eigenvalue weighted by atomic mass is 10.1. The highest BCUT2D eigenvalue weighted by molar-refractivity contribution is 5.76. The van der Waals surface area contributed by atoms with Gasteiger partial charge in [-0.2, -0.15) is 0 Å². The Kier molecular flexibility index (Phi) is 3.57. The van der Waals surface area contributed by atoms with Crippen LogP contribution in [0.5, 0.6) is 0 Å². The van der Waals surface area contributed by atoms with Gasteiger partial charge in [0.2, 0.25) is 5.91 Å². The molecule has 0 fully saturated rings. The van der Waals surface area contributed by atoms with Gasteiger partial charge in [-0.25, -0.2) is 0 Å². The zero-order chi connectivity index (χ0) is 10.4. The number of nitrogens with one attached hydrogen (secondary N) is 1. The average molecular weight is 188 g/mol. The molecule has 0 spiro atoms. The van der Waals surface area contributed by atoms with Gasteiger partial charge in [-0.05, 0) is 17.7 Å². The number of rotatable bonds is 4. The van der Waals surface area contributed by atoms with Crippen molar-refractivity contribution in [3.8, 4) is 12.3 Å². The zero-order valence-electron chi connectivity index (χ0n) is 7.79. The summed E-state index contributed by atoms with van der Waals surface area (Å²) in [4.78, 5) is 10.6. The number of terminal acetylenes is 1. The Morgan fingerprint density at radius 2 is 2.07 bits per heavy atom. The molecular formula is C11H12N2O. The molecule has 0 bridgehead atoms. The van der Waals surface area contributed by atoms with Gasteiger partial charge in [-0.3, -0.25) is 4.79 Å². The van der Waals surface area contributed by atoms with Crippen LogP contribution in [0.2, 0.25) is 0 Å². The Balaban J connectivity index is 2.60. The lowest BCUT2D eigenvalue weighted by Crippen LogP contribution is -2.13. The zero-order valence-corrected chi connectivity index (χ0v) is 7.79. The minimum absolute atomic E-state index is 0.273. The topological polar surface area (TPSA) is 55.1 Å². The highest BCUT2D eigenvalue weighted by Gasteiger charge is 1.97. The van der Waals surface area contributed by atoms with Crippen molar-refractivity contribution in [3.63, 3.8) is 0 Å². The fourth-order valence-electron chi connectivity index (χ4n) is 1.09. The number of hydrogen-bond acceptors (Lipinski definition) is 2. The van der Waals surface area contributed by atoms with Crippen molar-refractivity contribution in [1.29, 1.82) is 0 Å². The molecule has 0 saturated carbocycles. The smallest absolute Gasteiger partial charge is 0.221 e. The van der Waals surface area contributed by atoms with Crippen LogP contribution in [0.25, 0.3) is 0 Å². The lowest BCUT2D eigenvalue weighted by Gasteiger charge is -2.03. The van der Waals surface area contributed by atoms with Crippen LogP contribution < -0.4 is 11.1 Å². The molecular weight excluding hydrogens is 176 g/mol. The normalized spacial score (nSPS) is 9.07. The number of carbonyl (C=O) groups excluding carboxylic acids is 1. The van der Waals surface area contributed by atoms with E-state index in [1.54, 1.807) is 0 Å². The van der Waals surface area contributed by atoms with E-state index in [2.05, 4.69) is 11.2 Å². The van der Waals surface area contributed by atoms with Crippen molar-refractivity contribution in [3.05, 3.63) is 29.8 Å². The van der Waals surface area contributed by atoms with Gasteiger partial charge in [0.15, 0.2) is 0 Å². The first-order valence-electron chi connectivity index (χ1n) is 4.27. The van der Waals surface area contributed by atoms with E-state index in [0.717, 1.165) is 11.3 Å². The van der Waals surface area contributed by atoms with E-state index in [-0.39, 0.29) is 12.3 Å². The molecule has 3 heteroatoms. The molecule has 3 N–H and O–H groups in total. The van der Waals surface area contributed by atoms with E-state index < -0.39 is 0 Å². The summed E-state index contributed by atoms with van der Waals surface area (Å²) >= 11 is 0. The maximum Gasteiger partial charge on any atom is 0.221 e. The molecule has 3 nitrogen and oxygen atoms in total. The van der Waals surface area contributed by atoms with Crippen LogP contribution in [0.15, 0.2) is 24.3 Å². The van der Waals surface area contributed by atoms with E-state index in [0.29, 0.717) is 6.54 Å². The second-order valence-electron chi connectivity index (χ2n) is 2.90. The second-order valence-corrected chi connectivity index (χ2v) is 2.90. The summed E-state index contributed by atoms with van der Waals surface area (Å²) in [5, 5.41) is 3.02. The van der Waals surface area contributed by atoms with Gasteiger partial charge < -0.3 is 11.1 Å². The van der Waals surface area contributed by atoms with E-state index in [9.17, 15) is 4.79 Å². The standard InChI is InChI=1S/C11H12N2O/c1-2-7-13-10-5-3-9(4-6-10)8-11(12)14/h1,3-6,13H,7-8H2,(H2,12,14). The van der Waals surface area contributed by atoms with E-state index in [1.807, 2.05) is 24.3 Å². The Bertz CT molecular complexity index is 349. The first-order chi connectivity index (χ1) is 6.72. The summed E-state index contributed by atoms with van der Waals surface area (Å²) in [5.74, 6) is 2.15. The molecule has 0 aliphatic carbocycles. The third-order valence-electron chi connectivity index (χ3n) is 1.73. The van der Waals surface area contributed by atoms with Crippen LogP contribution >= 0.6 is 0 Å². The van der Waals surface area contributed by atoms with Crippen molar-refractivity contribution in [2.75, 3.05) is 11.9 Å². The lowest BCUT2D eigenvalue weighted by molar-refractivity contribution is -0.117. The molecule has 1 rings (SSSR count). The molecule has 0 aliphatic heterocycles. The van der Waals surface area contributed by atoms with Crippen molar-refractivity contribution >= 4 is 11.6 Å². The van der Waals surface area contributed by atoms with Crippen LogP contribution in [0.4, 0.5) is 5.69 Å². The predicted octanol–water partition coefficient (Wildman–Crippen LogP) is 0.759. The molecule has 1 amide bonds. The number of primary amides is 1. The third-order valence-corrected chi connectivity index (χ3v) is 1.73. The number of benzene rings is 1. The van der Waals surface area contributed by atoms with E-state index >= 15 is 0 Å². The first kappa shape index (κ1) is 10.1. The molecule has 1 aromatic rings. The van der Waals surface area contributed by atoms with Gasteiger partial charge in [0, 0.05) is 5.69 Å². The van der Waals surface area contributed by atoms with Crippen molar-refractivity contribution in [2.45, 2.75) is 6.42 Å². The van der Waals surface area contributed by atoms with Crippen LogP contribution in [0.1, 0.15) is 5.56 Å². The summed E-state index contributed by atoms with van der Waals surface area (Å²) < 4.78 is 0. The average Bonchev–Trinajstić information content (AvgIpc) is 2.16. The molecule has 1 aromatic carbocycles. The molecule has 0 aromatic heterocycles. The fourth-order valence-corrected chi connectivity index (χ4v) is 1.09. The number of carbonyl (C=O) groups is 1. The number of amides is 1. The second kappa shape index (κ2) is 4.93. The molecule has 14 heavy (non-hydrogen) atoms. The largest absolute Gasteiger partial charge is 0.374 e. The third kappa shape index (κ3) is 3.20. The molecule has 0 unspecified atom stereocenters. The minimum Gasteiger partial charge on any atom is -0.374 e. The molecule has 0 atom stereocenters. The number of hydrogen-bond donors (Lipinski definition) is 2. The van der Waals surface area contributed by atoms with E-state index in [4.69, 9.17) is 12.2 Å². The summed E-state index contributed by atoms with van der Waals surface area (Å²) in [5.41, 5.74) is 6.91. The van der Waals surface area contributed by atoms with Crippen molar-refractivity contribution < 1.29 is 4.79 Å². The summed E-state index contributed by atoms with van der Waals surface area (Å²) in [6.07, 6.45) is 5.37. The van der Waals surface area contributed by atoms with Gasteiger partial charge in [-0.1, -0.05) is 18.1 Å². The quantitative estimate of drug-likeness (QED) is 0.685. The molecule has 0 saturated heterocycles. The Morgan fingerprint density at radius 1 is 1.43 bits per heavy atom. The van der Waals surface area contributed by atoms with Crippen molar-refractivity contribution in [2.24, 2.45) is 5.73 Å². The van der Waals surface area contributed by atoms with Crippen LogP contribution in [-0.2, 0) is 11.2 Å². The Labute approximate surface area is 83.3 Å². The molecule has 0 heterocycles. The van der Waals surface area contributed by atoms with Gasteiger partial charge in [-0.15, -0.1) is 6.42 Å². The summed E-state index contributed by atoms with van der Waals surface area (Å²) in [6, 6.07) is 7.44. The monoisotopic (exact) mass is 188 g/mol. The molecule has 0 aliphatic rings.